The van der Waals surface area contributed by atoms with Crippen LogP contribution in [0, 0.1) is 19.7 Å². The molecule has 0 atom stereocenters. The number of fused-ring (bicyclic) bond motifs is 1. The number of benzene rings is 2. The third-order valence-corrected chi connectivity index (χ3v) is 6.23. The first kappa shape index (κ1) is 19.5. The average Bonchev–Trinajstić information content (AvgIpc) is 3.45. The molecule has 154 valence electrons. The van der Waals surface area contributed by atoms with Crippen molar-refractivity contribution in [1.82, 2.24) is 19.6 Å². The summed E-state index contributed by atoms with van der Waals surface area (Å²) in [6, 6.07) is 14.5. The Balaban J connectivity index is 1.43. The first-order valence-electron chi connectivity index (χ1n) is 9.50. The van der Waals surface area contributed by atoms with Crippen LogP contribution in [-0.2, 0) is 0 Å². The predicted octanol–water partition coefficient (Wildman–Crippen LogP) is 5.78. The molecule has 0 fully saturated rings. The van der Waals surface area contributed by atoms with Gasteiger partial charge < -0.3 is 0 Å². The molecule has 6 nitrogen and oxygen atoms in total. The molecule has 31 heavy (non-hydrogen) atoms. The Kier molecular flexibility index (Phi) is 5.05. The molecule has 0 unspecified atom stereocenters. The van der Waals surface area contributed by atoms with Crippen molar-refractivity contribution < 1.29 is 4.39 Å². The van der Waals surface area contributed by atoms with Gasteiger partial charge in [-0.05, 0) is 38.1 Å². The first-order valence-corrected chi connectivity index (χ1v) is 11.2. The molecular weight excluding hydrogens is 431 g/mol. The fraction of sp³-hybridized carbons (Fsp3) is 0.0909. The quantitative estimate of drug-likeness (QED) is 0.273. The number of anilines is 1. The number of halogens is 1. The largest absolute Gasteiger partial charge is 0.253 e. The van der Waals surface area contributed by atoms with E-state index in [4.69, 9.17) is 4.98 Å². The number of nitrogens with zero attached hydrogens (tertiary/aromatic N) is 5. The highest BCUT2D eigenvalue weighted by atomic mass is 32.1. The Hall–Kier alpha value is -3.43. The van der Waals surface area contributed by atoms with Crippen molar-refractivity contribution in [2.45, 2.75) is 13.8 Å². The number of aromatic nitrogens is 4. The van der Waals surface area contributed by atoms with Gasteiger partial charge in [0.1, 0.15) is 22.2 Å². The van der Waals surface area contributed by atoms with Crippen molar-refractivity contribution in [3.05, 3.63) is 76.0 Å². The van der Waals surface area contributed by atoms with Crippen LogP contribution in [0.5, 0.6) is 0 Å². The normalized spacial score (nSPS) is 11.6. The minimum atomic E-state index is -0.268. The molecule has 5 rings (SSSR count). The Morgan fingerprint density at radius 3 is 2.52 bits per heavy atom. The van der Waals surface area contributed by atoms with Gasteiger partial charge in [0.2, 0.25) is 10.1 Å². The van der Waals surface area contributed by atoms with E-state index in [0.29, 0.717) is 5.13 Å². The Bertz CT molecular complexity index is 1380. The Morgan fingerprint density at radius 2 is 1.74 bits per heavy atom. The van der Waals surface area contributed by atoms with Gasteiger partial charge in [-0.1, -0.05) is 41.2 Å². The Labute approximate surface area is 185 Å². The minimum Gasteiger partial charge on any atom is -0.253 e. The van der Waals surface area contributed by atoms with E-state index in [-0.39, 0.29) is 5.82 Å². The molecule has 0 amide bonds. The molecular formula is C22H17FN6S2. The summed E-state index contributed by atoms with van der Waals surface area (Å²) in [6.07, 6.45) is 1.72. The van der Waals surface area contributed by atoms with E-state index in [1.807, 2.05) is 16.8 Å². The van der Waals surface area contributed by atoms with E-state index in [0.717, 1.165) is 38.2 Å². The lowest BCUT2D eigenvalue weighted by Gasteiger charge is -2.00. The van der Waals surface area contributed by atoms with Gasteiger partial charge in [0, 0.05) is 16.5 Å². The molecule has 3 heterocycles. The molecule has 9 heteroatoms. The molecule has 0 spiro atoms. The number of nitrogens with one attached hydrogen (secondary N) is 1. The second-order valence-electron chi connectivity index (χ2n) is 6.94. The van der Waals surface area contributed by atoms with Crippen LogP contribution < -0.4 is 5.43 Å². The highest BCUT2D eigenvalue weighted by Gasteiger charge is 2.16. The van der Waals surface area contributed by atoms with Crippen LogP contribution in [0.3, 0.4) is 0 Å². The zero-order valence-corrected chi connectivity index (χ0v) is 18.3. The summed E-state index contributed by atoms with van der Waals surface area (Å²) < 4.78 is 14.9. The fourth-order valence-electron chi connectivity index (χ4n) is 3.13. The van der Waals surface area contributed by atoms with Gasteiger partial charge in [-0.15, -0.1) is 11.3 Å². The number of hydrazone groups is 1. The lowest BCUT2D eigenvalue weighted by molar-refractivity contribution is 0.628. The summed E-state index contributed by atoms with van der Waals surface area (Å²) in [5.74, 6) is -0.268. The number of imidazole rings is 1. The van der Waals surface area contributed by atoms with Crippen molar-refractivity contribution in [2.24, 2.45) is 5.10 Å². The number of hydrogen-bond donors (Lipinski definition) is 1. The van der Waals surface area contributed by atoms with Crippen LogP contribution in [-0.4, -0.2) is 25.8 Å². The van der Waals surface area contributed by atoms with Crippen LogP contribution in [0.4, 0.5) is 9.52 Å². The number of rotatable bonds is 5. The highest BCUT2D eigenvalue weighted by molar-refractivity contribution is 7.16. The summed E-state index contributed by atoms with van der Waals surface area (Å²) in [6.45, 7) is 4.01. The molecule has 0 saturated heterocycles. The standard InChI is InChI=1S/C22H17FN6S2/c1-13-3-5-16(6-4-13)20-19(29-22(26-20)31-14(2)28-29)11-24-27-21-25-18(12-30-21)15-7-9-17(23)10-8-15/h3-12H,1-2H3,(H,25,27)/b24-11+. The summed E-state index contributed by atoms with van der Waals surface area (Å²) in [4.78, 5) is 10.1. The number of hydrogen-bond acceptors (Lipinski definition) is 7. The predicted molar refractivity (Wildman–Crippen MR) is 124 cm³/mol. The lowest BCUT2D eigenvalue weighted by atomic mass is 10.1. The fourth-order valence-corrected chi connectivity index (χ4v) is 4.54. The molecule has 1 N–H and O–H groups in total. The van der Waals surface area contributed by atoms with Gasteiger partial charge in [-0.2, -0.15) is 10.2 Å². The van der Waals surface area contributed by atoms with Gasteiger partial charge in [-0.25, -0.2) is 18.9 Å². The van der Waals surface area contributed by atoms with Crippen LogP contribution in [0.1, 0.15) is 16.3 Å². The van der Waals surface area contributed by atoms with Crippen molar-refractivity contribution in [3.8, 4) is 22.5 Å². The SMILES string of the molecule is Cc1ccc(-c2nc3sc(C)nn3c2/C=N/Nc2nc(-c3ccc(F)cc3)cs2)cc1. The molecule has 0 bridgehead atoms. The van der Waals surface area contributed by atoms with Gasteiger partial charge >= 0.3 is 0 Å². The third kappa shape index (κ3) is 3.97. The van der Waals surface area contributed by atoms with E-state index in [2.05, 4.69) is 51.8 Å². The molecule has 0 aliphatic rings. The number of thiazole rings is 1. The van der Waals surface area contributed by atoms with Crippen LogP contribution in [0.2, 0.25) is 0 Å². The van der Waals surface area contributed by atoms with Crippen molar-refractivity contribution >= 4 is 39.0 Å². The summed E-state index contributed by atoms with van der Waals surface area (Å²) in [7, 11) is 0. The second kappa shape index (κ2) is 8.01. The molecule has 0 saturated carbocycles. The topological polar surface area (TPSA) is 67.5 Å². The molecule has 3 aromatic heterocycles. The maximum atomic E-state index is 13.1. The molecule has 5 aromatic rings. The monoisotopic (exact) mass is 448 g/mol. The zero-order chi connectivity index (χ0) is 21.4. The zero-order valence-electron chi connectivity index (χ0n) is 16.7. The van der Waals surface area contributed by atoms with Gasteiger partial charge in [0.15, 0.2) is 0 Å². The van der Waals surface area contributed by atoms with Crippen LogP contribution >= 0.6 is 22.7 Å². The van der Waals surface area contributed by atoms with Crippen LogP contribution in [0.15, 0.2) is 59.0 Å². The van der Waals surface area contributed by atoms with E-state index in [1.54, 1.807) is 18.3 Å². The third-order valence-electron chi connectivity index (χ3n) is 4.66. The molecule has 0 radical (unpaired) electrons. The number of aryl methyl sites for hydroxylation is 2. The molecule has 0 aliphatic carbocycles. The Morgan fingerprint density at radius 1 is 1.00 bits per heavy atom. The summed E-state index contributed by atoms with van der Waals surface area (Å²) in [5.41, 5.74) is 8.43. The first-order chi connectivity index (χ1) is 15.1. The maximum absolute atomic E-state index is 13.1. The second-order valence-corrected chi connectivity index (χ2v) is 8.96. The highest BCUT2D eigenvalue weighted by Crippen LogP contribution is 2.27. The summed E-state index contributed by atoms with van der Waals surface area (Å²) in [5, 5.41) is 12.4. The minimum absolute atomic E-state index is 0.268. The van der Waals surface area contributed by atoms with Crippen molar-refractivity contribution in [3.63, 3.8) is 0 Å². The van der Waals surface area contributed by atoms with Gasteiger partial charge in [-0.3, -0.25) is 5.43 Å². The van der Waals surface area contributed by atoms with Gasteiger partial charge in [0.05, 0.1) is 11.9 Å². The maximum Gasteiger partial charge on any atom is 0.213 e. The lowest BCUT2D eigenvalue weighted by Crippen LogP contribution is -1.97. The van der Waals surface area contributed by atoms with E-state index < -0.39 is 0 Å². The van der Waals surface area contributed by atoms with Gasteiger partial charge in [0.25, 0.3) is 0 Å². The van der Waals surface area contributed by atoms with E-state index in [9.17, 15) is 4.39 Å². The average molecular weight is 449 g/mol. The van der Waals surface area contributed by atoms with Crippen molar-refractivity contribution in [1.29, 1.82) is 0 Å². The molecule has 0 aliphatic heterocycles. The smallest absolute Gasteiger partial charge is 0.213 e. The van der Waals surface area contributed by atoms with Crippen LogP contribution in [0.25, 0.3) is 27.5 Å². The summed E-state index contributed by atoms with van der Waals surface area (Å²) >= 11 is 2.97. The van der Waals surface area contributed by atoms with E-state index in [1.165, 1.54) is 40.4 Å². The molecule has 2 aromatic carbocycles. The van der Waals surface area contributed by atoms with Crippen molar-refractivity contribution in [2.75, 3.05) is 5.43 Å². The van der Waals surface area contributed by atoms with E-state index >= 15 is 0 Å².